The van der Waals surface area contributed by atoms with Crippen molar-refractivity contribution in [1.29, 1.82) is 0 Å². The van der Waals surface area contributed by atoms with Gasteiger partial charge in [-0.05, 0) is 36.8 Å². The van der Waals surface area contributed by atoms with Crippen molar-refractivity contribution in [3.8, 4) is 0 Å². The van der Waals surface area contributed by atoms with Crippen LogP contribution >= 0.6 is 15.9 Å². The molecule has 0 saturated carbocycles. The average Bonchev–Trinajstić information content (AvgIpc) is 2.85. The first-order valence-corrected chi connectivity index (χ1v) is 6.93. The van der Waals surface area contributed by atoms with Crippen molar-refractivity contribution in [2.75, 3.05) is 0 Å². The Balaban J connectivity index is 2.11. The maximum atomic E-state index is 11.4. The third-order valence-electron chi connectivity index (χ3n) is 3.05. The lowest BCUT2D eigenvalue weighted by Gasteiger charge is -2.08. The number of alkyl halides is 1. The molecular formula is C14H11BrN2O3. The van der Waals surface area contributed by atoms with Gasteiger partial charge in [-0.25, -0.2) is 0 Å². The molecule has 1 aromatic carbocycles. The molecule has 102 valence electrons. The SMILES string of the molecule is Cc1ccc(C(Br)c2ccc3[nH]c(=O)c(=O)[nH]c3c2)o1. The Bertz CT molecular complexity index is 891. The molecule has 3 aromatic rings. The van der Waals surface area contributed by atoms with Gasteiger partial charge in [-0.3, -0.25) is 9.59 Å². The van der Waals surface area contributed by atoms with Gasteiger partial charge in [-0.1, -0.05) is 22.0 Å². The van der Waals surface area contributed by atoms with Crippen molar-refractivity contribution in [2.24, 2.45) is 0 Å². The van der Waals surface area contributed by atoms with Crippen molar-refractivity contribution in [3.05, 3.63) is 68.1 Å². The second-order valence-electron chi connectivity index (χ2n) is 4.52. The van der Waals surface area contributed by atoms with E-state index in [0.29, 0.717) is 11.0 Å². The van der Waals surface area contributed by atoms with Crippen molar-refractivity contribution >= 4 is 27.0 Å². The minimum Gasteiger partial charge on any atom is -0.465 e. The molecule has 0 saturated heterocycles. The minimum absolute atomic E-state index is 0.115. The molecule has 6 heteroatoms. The number of hydrogen-bond acceptors (Lipinski definition) is 3. The Morgan fingerprint density at radius 3 is 2.40 bits per heavy atom. The van der Waals surface area contributed by atoms with Crippen LogP contribution in [-0.2, 0) is 0 Å². The smallest absolute Gasteiger partial charge is 0.314 e. The van der Waals surface area contributed by atoms with Gasteiger partial charge in [0, 0.05) is 0 Å². The topological polar surface area (TPSA) is 78.9 Å². The summed E-state index contributed by atoms with van der Waals surface area (Å²) in [6.45, 7) is 1.88. The Hall–Kier alpha value is -2.08. The molecule has 0 aliphatic carbocycles. The summed E-state index contributed by atoms with van der Waals surface area (Å²) in [4.78, 5) is 27.6. The van der Waals surface area contributed by atoms with Crippen LogP contribution in [0.25, 0.3) is 11.0 Å². The number of H-pyrrole nitrogens is 2. The van der Waals surface area contributed by atoms with Crippen LogP contribution in [0.2, 0.25) is 0 Å². The highest BCUT2D eigenvalue weighted by Crippen LogP contribution is 2.32. The Kier molecular flexibility index (Phi) is 3.10. The second kappa shape index (κ2) is 4.79. The highest BCUT2D eigenvalue weighted by molar-refractivity contribution is 9.09. The molecule has 0 aliphatic rings. The first-order valence-electron chi connectivity index (χ1n) is 6.01. The quantitative estimate of drug-likeness (QED) is 0.558. The number of nitrogens with one attached hydrogen (secondary N) is 2. The molecule has 20 heavy (non-hydrogen) atoms. The number of aryl methyl sites for hydroxylation is 1. The van der Waals surface area contributed by atoms with E-state index in [4.69, 9.17) is 4.42 Å². The Labute approximate surface area is 121 Å². The molecule has 0 fully saturated rings. The molecule has 0 spiro atoms. The van der Waals surface area contributed by atoms with E-state index in [1.54, 1.807) is 6.07 Å². The summed E-state index contributed by atoms with van der Waals surface area (Å²) in [5, 5.41) is 0. The lowest BCUT2D eigenvalue weighted by Crippen LogP contribution is -2.28. The molecular weight excluding hydrogens is 324 g/mol. The number of furan rings is 1. The number of hydrogen-bond donors (Lipinski definition) is 2. The van der Waals surface area contributed by atoms with E-state index in [1.807, 2.05) is 31.2 Å². The molecule has 1 unspecified atom stereocenters. The van der Waals surface area contributed by atoms with Gasteiger partial charge >= 0.3 is 11.1 Å². The summed E-state index contributed by atoms with van der Waals surface area (Å²) in [5.74, 6) is 1.62. The van der Waals surface area contributed by atoms with Gasteiger partial charge in [0.2, 0.25) is 0 Å². The molecule has 2 heterocycles. The number of rotatable bonds is 2. The van der Waals surface area contributed by atoms with Crippen LogP contribution in [0.15, 0.2) is 44.3 Å². The summed E-state index contributed by atoms with van der Waals surface area (Å²) in [5.41, 5.74) is 0.792. The number of aromatic amines is 2. The predicted molar refractivity (Wildman–Crippen MR) is 79.4 cm³/mol. The predicted octanol–water partition coefficient (Wildman–Crippen LogP) is 2.60. The molecule has 2 aromatic heterocycles. The summed E-state index contributed by atoms with van der Waals surface area (Å²) >= 11 is 3.57. The summed E-state index contributed by atoms with van der Waals surface area (Å²) in [6, 6.07) is 9.22. The third-order valence-corrected chi connectivity index (χ3v) is 4.03. The van der Waals surface area contributed by atoms with E-state index in [-0.39, 0.29) is 4.83 Å². The summed E-state index contributed by atoms with van der Waals surface area (Å²) < 4.78 is 5.58. The van der Waals surface area contributed by atoms with E-state index < -0.39 is 11.1 Å². The van der Waals surface area contributed by atoms with Gasteiger partial charge in [0.15, 0.2) is 0 Å². The van der Waals surface area contributed by atoms with Crippen LogP contribution in [0.3, 0.4) is 0 Å². The lowest BCUT2D eigenvalue weighted by atomic mass is 10.1. The van der Waals surface area contributed by atoms with E-state index in [1.165, 1.54) is 0 Å². The number of halogens is 1. The van der Waals surface area contributed by atoms with Gasteiger partial charge in [-0.15, -0.1) is 0 Å². The molecule has 2 N–H and O–H groups in total. The highest BCUT2D eigenvalue weighted by Gasteiger charge is 2.14. The zero-order valence-corrected chi connectivity index (χ0v) is 12.2. The maximum Gasteiger partial charge on any atom is 0.314 e. The number of aromatic nitrogens is 2. The van der Waals surface area contributed by atoms with E-state index >= 15 is 0 Å². The van der Waals surface area contributed by atoms with Crippen molar-refractivity contribution in [3.63, 3.8) is 0 Å². The molecule has 1 atom stereocenters. The molecule has 0 bridgehead atoms. The minimum atomic E-state index is -0.658. The molecule has 5 nitrogen and oxygen atoms in total. The average molecular weight is 335 g/mol. The monoisotopic (exact) mass is 334 g/mol. The molecule has 3 rings (SSSR count). The normalized spacial score (nSPS) is 12.7. The molecule has 0 aliphatic heterocycles. The fraction of sp³-hybridized carbons (Fsp3) is 0.143. The fourth-order valence-corrected chi connectivity index (χ4v) is 2.57. The van der Waals surface area contributed by atoms with Crippen LogP contribution in [-0.4, -0.2) is 9.97 Å². The van der Waals surface area contributed by atoms with Crippen LogP contribution < -0.4 is 11.1 Å². The number of benzene rings is 1. The summed E-state index contributed by atoms with van der Waals surface area (Å²) in [7, 11) is 0. The zero-order valence-electron chi connectivity index (χ0n) is 10.6. The van der Waals surface area contributed by atoms with Crippen molar-refractivity contribution in [2.45, 2.75) is 11.8 Å². The van der Waals surface area contributed by atoms with Gasteiger partial charge in [0.25, 0.3) is 0 Å². The molecule has 0 radical (unpaired) electrons. The van der Waals surface area contributed by atoms with Crippen LogP contribution in [0.4, 0.5) is 0 Å². The van der Waals surface area contributed by atoms with Gasteiger partial charge < -0.3 is 14.4 Å². The van der Waals surface area contributed by atoms with E-state index in [2.05, 4.69) is 25.9 Å². The Morgan fingerprint density at radius 1 is 1.05 bits per heavy atom. The van der Waals surface area contributed by atoms with Crippen LogP contribution in [0.5, 0.6) is 0 Å². The summed E-state index contributed by atoms with van der Waals surface area (Å²) in [6.07, 6.45) is 0. The van der Waals surface area contributed by atoms with Gasteiger partial charge in [0.05, 0.1) is 15.9 Å². The standard InChI is InChI=1S/C14H11BrN2O3/c1-7-2-5-11(20-7)12(15)8-3-4-9-10(6-8)17-14(19)13(18)16-9/h2-6,12H,1H3,(H,16,18)(H,17,19). The van der Waals surface area contributed by atoms with Crippen LogP contribution in [0.1, 0.15) is 21.9 Å². The second-order valence-corrected chi connectivity index (χ2v) is 5.44. The van der Waals surface area contributed by atoms with E-state index in [9.17, 15) is 9.59 Å². The number of fused-ring (bicyclic) bond motifs is 1. The Morgan fingerprint density at radius 2 is 1.75 bits per heavy atom. The van der Waals surface area contributed by atoms with Gasteiger partial charge in [0.1, 0.15) is 11.5 Å². The third kappa shape index (κ3) is 2.22. The first kappa shape index (κ1) is 12.9. The molecule has 0 amide bonds. The first-order chi connectivity index (χ1) is 9.54. The highest BCUT2D eigenvalue weighted by atomic mass is 79.9. The largest absolute Gasteiger partial charge is 0.465 e. The zero-order chi connectivity index (χ0) is 14.3. The fourth-order valence-electron chi connectivity index (χ4n) is 2.04. The van der Waals surface area contributed by atoms with Crippen molar-refractivity contribution < 1.29 is 4.42 Å². The van der Waals surface area contributed by atoms with Crippen molar-refractivity contribution in [1.82, 2.24) is 9.97 Å². The van der Waals surface area contributed by atoms with Gasteiger partial charge in [-0.2, -0.15) is 0 Å². The van der Waals surface area contributed by atoms with Crippen LogP contribution in [0, 0.1) is 6.92 Å². The maximum absolute atomic E-state index is 11.4. The lowest BCUT2D eigenvalue weighted by molar-refractivity contribution is 0.492. The van der Waals surface area contributed by atoms with E-state index in [0.717, 1.165) is 17.1 Å².